The molecule has 13 nitrogen and oxygen atoms in total. The number of fused-ring (bicyclic) bond motifs is 2. The minimum absolute atomic E-state index is 0.0365. The van der Waals surface area contributed by atoms with E-state index in [1.54, 1.807) is 35.3 Å². The molecule has 47 heavy (non-hydrogen) atoms. The molecule has 4 amide bonds. The molecule has 0 radical (unpaired) electrons. The van der Waals surface area contributed by atoms with Gasteiger partial charge in [0.15, 0.2) is 0 Å². The molecule has 244 valence electrons. The van der Waals surface area contributed by atoms with Crippen LogP contribution in [0.2, 0.25) is 0 Å². The molecule has 14 heteroatoms. The Morgan fingerprint density at radius 1 is 0.979 bits per heavy atom. The maximum Gasteiger partial charge on any atom is 0.524 e. The molecule has 3 aromatic carbocycles. The summed E-state index contributed by atoms with van der Waals surface area (Å²) in [5.41, 5.74) is 3.12. The quantitative estimate of drug-likeness (QED) is 0.242. The highest BCUT2D eigenvalue weighted by atomic mass is 31.2. The van der Waals surface area contributed by atoms with E-state index in [9.17, 15) is 28.7 Å². The lowest BCUT2D eigenvalue weighted by Gasteiger charge is -2.57. The number of amides is 4. The first-order chi connectivity index (χ1) is 22.5. The summed E-state index contributed by atoms with van der Waals surface area (Å²) in [7, 11) is -3.08. The molecule has 6 rings (SSSR count). The summed E-state index contributed by atoms with van der Waals surface area (Å²) >= 11 is 0. The molecular formula is C33H35N6O7P. The first-order valence-corrected chi connectivity index (χ1v) is 16.6. The highest BCUT2D eigenvalue weighted by molar-refractivity contribution is 7.46. The van der Waals surface area contributed by atoms with Crippen LogP contribution in [-0.2, 0) is 33.7 Å². The van der Waals surface area contributed by atoms with Crippen LogP contribution in [0, 0.1) is 0 Å². The number of pyridine rings is 1. The number of nitrogens with zero attached hydrogens (tertiary/aromatic N) is 5. The van der Waals surface area contributed by atoms with E-state index >= 15 is 0 Å². The molecule has 3 atom stereocenters. The molecule has 0 aliphatic carbocycles. The zero-order valence-electron chi connectivity index (χ0n) is 25.8. The van der Waals surface area contributed by atoms with E-state index in [4.69, 9.17) is 0 Å². The zero-order chi connectivity index (χ0) is 33.3. The van der Waals surface area contributed by atoms with Gasteiger partial charge in [-0.2, -0.15) is 0 Å². The van der Waals surface area contributed by atoms with Gasteiger partial charge in [-0.25, -0.2) is 19.4 Å². The maximum atomic E-state index is 14.5. The summed E-state index contributed by atoms with van der Waals surface area (Å²) in [5, 5.41) is 6.99. The number of nitrogens with one attached hydrogen (secondary N) is 1. The van der Waals surface area contributed by atoms with Crippen LogP contribution in [-0.4, -0.2) is 84.3 Å². The summed E-state index contributed by atoms with van der Waals surface area (Å²) < 4.78 is 16.0. The summed E-state index contributed by atoms with van der Waals surface area (Å²) in [6.07, 6.45) is 0.961. The maximum absolute atomic E-state index is 14.5. The van der Waals surface area contributed by atoms with Gasteiger partial charge in [-0.1, -0.05) is 66.7 Å². The van der Waals surface area contributed by atoms with Gasteiger partial charge in [0.1, 0.15) is 18.0 Å². The number of rotatable bonds is 8. The number of hydrogen-bond donors (Lipinski definition) is 3. The number of para-hydroxylation sites is 1. The van der Waals surface area contributed by atoms with Crippen molar-refractivity contribution >= 4 is 36.6 Å². The van der Waals surface area contributed by atoms with E-state index < -0.39 is 32.1 Å². The van der Waals surface area contributed by atoms with Gasteiger partial charge in [0, 0.05) is 38.1 Å². The number of benzene rings is 3. The number of aromatic nitrogens is 1. The zero-order valence-corrected chi connectivity index (χ0v) is 26.7. The average molecular weight is 659 g/mol. The Kier molecular flexibility index (Phi) is 8.98. The minimum atomic E-state index is -4.76. The van der Waals surface area contributed by atoms with Crippen LogP contribution in [0.15, 0.2) is 91.1 Å². The van der Waals surface area contributed by atoms with Gasteiger partial charge in [-0.3, -0.25) is 24.4 Å². The normalized spacial score (nSPS) is 20.3. The molecule has 3 heterocycles. The lowest BCUT2D eigenvalue weighted by molar-refractivity contribution is -0.196. The van der Waals surface area contributed by atoms with E-state index in [0.29, 0.717) is 5.56 Å². The highest BCUT2D eigenvalue weighted by Crippen LogP contribution is 2.38. The monoisotopic (exact) mass is 658 g/mol. The molecule has 2 fully saturated rings. The fraction of sp³-hybridized carbons (Fsp3) is 0.273. The fourth-order valence-electron chi connectivity index (χ4n) is 6.35. The van der Waals surface area contributed by atoms with Gasteiger partial charge in [0.05, 0.1) is 18.1 Å². The highest BCUT2D eigenvalue weighted by Gasteiger charge is 2.54. The number of urea groups is 1. The number of carbonyl (C=O) groups is 3. The van der Waals surface area contributed by atoms with Crippen LogP contribution in [0.4, 0.5) is 4.79 Å². The van der Waals surface area contributed by atoms with Crippen LogP contribution in [0.25, 0.3) is 10.9 Å². The second-order valence-electron chi connectivity index (χ2n) is 11.7. The lowest BCUT2D eigenvalue weighted by atomic mass is 9.94. The Balaban J connectivity index is 1.36. The molecule has 1 aromatic heterocycles. The van der Waals surface area contributed by atoms with Crippen molar-refractivity contribution in [2.45, 2.75) is 44.7 Å². The van der Waals surface area contributed by atoms with Crippen LogP contribution < -0.4 is 9.84 Å². The van der Waals surface area contributed by atoms with Gasteiger partial charge < -0.3 is 19.6 Å². The van der Waals surface area contributed by atoms with Crippen molar-refractivity contribution in [3.05, 3.63) is 108 Å². The predicted molar refractivity (Wildman–Crippen MR) is 172 cm³/mol. The van der Waals surface area contributed by atoms with Crippen LogP contribution in [0.5, 0.6) is 5.75 Å². The summed E-state index contributed by atoms with van der Waals surface area (Å²) in [6, 6.07) is 23.0. The predicted octanol–water partition coefficient (Wildman–Crippen LogP) is 3.28. The van der Waals surface area contributed by atoms with Crippen molar-refractivity contribution < 1.29 is 33.3 Å². The largest absolute Gasteiger partial charge is 0.524 e. The van der Waals surface area contributed by atoms with E-state index in [-0.39, 0.29) is 43.6 Å². The number of piperazine rings is 1. The molecule has 3 unspecified atom stereocenters. The first-order valence-electron chi connectivity index (χ1n) is 15.1. The Morgan fingerprint density at radius 3 is 2.43 bits per heavy atom. The molecule has 3 N–H and O–H groups in total. The van der Waals surface area contributed by atoms with Crippen LogP contribution >= 0.6 is 7.82 Å². The second kappa shape index (κ2) is 13.1. The third-order valence-electron chi connectivity index (χ3n) is 8.51. The number of likely N-dealkylation sites (N-methyl/N-ethyl adjacent to an activating group) is 1. The Hall–Kier alpha value is -4.81. The molecule has 0 saturated carbocycles. The number of phosphoric acid groups is 1. The first kappa shape index (κ1) is 32.1. The van der Waals surface area contributed by atoms with E-state index in [0.717, 1.165) is 22.0 Å². The standard InChI is InChI=1S/C33H35N6O7P/c1-22-31-38(29(40)21-36(2)39(31)33(42)35-19-24-8-4-3-5-9-24)28(18-23-13-15-27(16-14-23)46-47(43,44)45)32(41)37(22)20-26-11-6-10-25-12-7-17-34-30(25)26/h3-17,22,28,31H,18-21H2,1-2H3,(H,35,42)(H2,43,44,45). The molecule has 0 spiro atoms. The average Bonchev–Trinajstić information content (AvgIpc) is 3.04. The summed E-state index contributed by atoms with van der Waals surface area (Å²) in [6.45, 7) is 2.19. The van der Waals surface area contributed by atoms with Crippen molar-refractivity contribution in [3.63, 3.8) is 0 Å². The molecule has 2 aliphatic heterocycles. The van der Waals surface area contributed by atoms with Crippen molar-refractivity contribution in [1.29, 1.82) is 0 Å². The van der Waals surface area contributed by atoms with Gasteiger partial charge in [0.25, 0.3) is 0 Å². The van der Waals surface area contributed by atoms with Crippen LogP contribution in [0.1, 0.15) is 23.6 Å². The minimum Gasteiger partial charge on any atom is -0.404 e. The number of hydrazine groups is 1. The number of carbonyl (C=O) groups excluding carboxylic acids is 3. The lowest BCUT2D eigenvalue weighted by Crippen LogP contribution is -2.78. The van der Waals surface area contributed by atoms with Crippen LogP contribution in [0.3, 0.4) is 0 Å². The number of phosphoric ester groups is 1. The topological polar surface area (TPSA) is 156 Å². The molecule has 2 aliphatic rings. The van der Waals surface area contributed by atoms with Gasteiger partial charge in [-0.15, -0.1) is 0 Å². The Bertz CT molecular complexity index is 1830. The third-order valence-corrected chi connectivity index (χ3v) is 8.96. The second-order valence-corrected chi connectivity index (χ2v) is 12.8. The van der Waals surface area contributed by atoms with E-state index in [1.165, 1.54) is 22.0 Å². The number of hydrogen-bond acceptors (Lipinski definition) is 7. The smallest absolute Gasteiger partial charge is 0.404 e. The van der Waals surface area contributed by atoms with Crippen molar-refractivity contribution in [3.8, 4) is 5.75 Å². The summed E-state index contributed by atoms with van der Waals surface area (Å²) in [4.78, 5) is 68.2. The fourth-order valence-corrected chi connectivity index (χ4v) is 6.75. The SMILES string of the molecule is CC1C2N(C(=O)CN(C)N2C(=O)NCc2ccccc2)C(Cc2ccc(OP(=O)(O)O)cc2)C(=O)N1Cc1cccc2cccnc12. The van der Waals surface area contributed by atoms with Gasteiger partial charge in [0.2, 0.25) is 11.8 Å². The van der Waals surface area contributed by atoms with Gasteiger partial charge >= 0.3 is 13.9 Å². The molecule has 0 bridgehead atoms. The molecule has 4 aromatic rings. The molecular weight excluding hydrogens is 623 g/mol. The summed E-state index contributed by atoms with van der Waals surface area (Å²) in [5.74, 6) is -0.631. The van der Waals surface area contributed by atoms with E-state index in [1.807, 2.05) is 67.6 Å². The Labute approximate surface area is 271 Å². The Morgan fingerprint density at radius 2 is 1.70 bits per heavy atom. The van der Waals surface area contributed by atoms with Gasteiger partial charge in [-0.05, 0) is 41.8 Å². The van der Waals surface area contributed by atoms with E-state index in [2.05, 4.69) is 14.8 Å². The third kappa shape index (κ3) is 6.84. The van der Waals surface area contributed by atoms with Crippen molar-refractivity contribution in [1.82, 2.24) is 30.1 Å². The molecule has 2 saturated heterocycles. The van der Waals surface area contributed by atoms with Crippen molar-refractivity contribution in [2.24, 2.45) is 0 Å². The van der Waals surface area contributed by atoms with Crippen molar-refractivity contribution in [2.75, 3.05) is 13.6 Å².